The van der Waals surface area contributed by atoms with Crippen LogP contribution in [0.3, 0.4) is 0 Å². The second kappa shape index (κ2) is 10.5. The predicted octanol–water partition coefficient (Wildman–Crippen LogP) is 5.82. The van der Waals surface area contributed by atoms with Gasteiger partial charge >= 0.3 is 5.97 Å². The maximum Gasteiger partial charge on any atom is 0.343 e. The number of esters is 1. The van der Waals surface area contributed by atoms with Gasteiger partial charge in [0.1, 0.15) is 11.5 Å². The van der Waals surface area contributed by atoms with Crippen molar-refractivity contribution in [2.45, 2.75) is 52.4 Å². The average Bonchev–Trinajstić information content (AvgIpc) is 2.64. The van der Waals surface area contributed by atoms with Gasteiger partial charge in [-0.2, -0.15) is 0 Å². The van der Waals surface area contributed by atoms with Gasteiger partial charge in [-0.25, -0.2) is 4.79 Å². The van der Waals surface area contributed by atoms with E-state index in [2.05, 4.69) is 13.8 Å². The fourth-order valence-electron chi connectivity index (χ4n) is 2.49. The van der Waals surface area contributed by atoms with Crippen LogP contribution in [0, 0.1) is 0 Å². The SMILES string of the molecule is CCCCCc1ccc(C(=O)Oc2ccc(OCCCC)cc2)cc1. The largest absolute Gasteiger partial charge is 0.494 e. The summed E-state index contributed by atoms with van der Waals surface area (Å²) in [5.74, 6) is 0.990. The van der Waals surface area contributed by atoms with Crippen molar-refractivity contribution in [1.82, 2.24) is 0 Å². The molecule has 0 fully saturated rings. The summed E-state index contributed by atoms with van der Waals surface area (Å²) in [6, 6.07) is 14.9. The van der Waals surface area contributed by atoms with E-state index < -0.39 is 0 Å². The molecule has 0 heterocycles. The molecule has 0 aromatic heterocycles. The second-order valence-corrected chi connectivity index (χ2v) is 6.22. The molecule has 134 valence electrons. The van der Waals surface area contributed by atoms with Crippen LogP contribution in [0.2, 0.25) is 0 Å². The van der Waals surface area contributed by atoms with Gasteiger partial charge in [0.2, 0.25) is 0 Å². The Balaban J connectivity index is 1.86. The van der Waals surface area contributed by atoms with Crippen molar-refractivity contribution in [2.75, 3.05) is 6.61 Å². The van der Waals surface area contributed by atoms with Crippen LogP contribution in [0.4, 0.5) is 0 Å². The minimum absolute atomic E-state index is 0.334. The average molecular weight is 340 g/mol. The normalized spacial score (nSPS) is 10.5. The molecular weight excluding hydrogens is 312 g/mol. The first-order valence-corrected chi connectivity index (χ1v) is 9.27. The van der Waals surface area contributed by atoms with Gasteiger partial charge in [-0.3, -0.25) is 0 Å². The zero-order valence-electron chi connectivity index (χ0n) is 15.3. The first-order valence-electron chi connectivity index (χ1n) is 9.27. The van der Waals surface area contributed by atoms with Crippen LogP contribution < -0.4 is 9.47 Å². The molecule has 0 atom stereocenters. The number of hydrogen-bond acceptors (Lipinski definition) is 3. The van der Waals surface area contributed by atoms with Gasteiger partial charge in [-0.15, -0.1) is 0 Å². The molecule has 3 heteroatoms. The number of carbonyl (C=O) groups excluding carboxylic acids is 1. The van der Waals surface area contributed by atoms with Gasteiger partial charge in [0, 0.05) is 0 Å². The van der Waals surface area contributed by atoms with Crippen molar-refractivity contribution in [1.29, 1.82) is 0 Å². The Morgan fingerprint density at radius 3 is 2.08 bits per heavy atom. The molecular formula is C22H28O3. The molecule has 0 bridgehead atoms. The topological polar surface area (TPSA) is 35.5 Å². The van der Waals surface area contributed by atoms with Crippen molar-refractivity contribution in [2.24, 2.45) is 0 Å². The fourth-order valence-corrected chi connectivity index (χ4v) is 2.49. The third-order valence-electron chi connectivity index (χ3n) is 4.06. The summed E-state index contributed by atoms with van der Waals surface area (Å²) in [5, 5.41) is 0. The Morgan fingerprint density at radius 1 is 0.800 bits per heavy atom. The van der Waals surface area contributed by atoms with Crippen LogP contribution in [0.5, 0.6) is 11.5 Å². The minimum atomic E-state index is -0.334. The highest BCUT2D eigenvalue weighted by Gasteiger charge is 2.08. The van der Waals surface area contributed by atoms with E-state index in [9.17, 15) is 4.79 Å². The zero-order chi connectivity index (χ0) is 17.9. The third kappa shape index (κ3) is 6.61. The molecule has 2 aromatic carbocycles. The lowest BCUT2D eigenvalue weighted by atomic mass is 10.1. The van der Waals surface area contributed by atoms with E-state index in [1.54, 1.807) is 12.1 Å². The number of aryl methyl sites for hydroxylation is 1. The summed E-state index contributed by atoms with van der Waals surface area (Å²) in [4.78, 5) is 12.2. The van der Waals surface area contributed by atoms with Crippen LogP contribution in [-0.2, 0) is 6.42 Å². The molecule has 0 saturated carbocycles. The van der Waals surface area contributed by atoms with Gasteiger partial charge < -0.3 is 9.47 Å². The monoisotopic (exact) mass is 340 g/mol. The highest BCUT2D eigenvalue weighted by molar-refractivity contribution is 5.91. The lowest BCUT2D eigenvalue weighted by molar-refractivity contribution is 0.0734. The number of benzene rings is 2. The summed E-state index contributed by atoms with van der Waals surface area (Å²) < 4.78 is 11.0. The number of ether oxygens (including phenoxy) is 2. The Hall–Kier alpha value is -2.29. The molecule has 0 aliphatic carbocycles. The van der Waals surface area contributed by atoms with Gasteiger partial charge in [-0.05, 0) is 61.2 Å². The van der Waals surface area contributed by atoms with Crippen LogP contribution in [0.1, 0.15) is 61.9 Å². The minimum Gasteiger partial charge on any atom is -0.494 e. The zero-order valence-corrected chi connectivity index (χ0v) is 15.3. The number of rotatable bonds is 10. The first-order chi connectivity index (χ1) is 12.2. The summed E-state index contributed by atoms with van der Waals surface area (Å²) in [6.45, 7) is 5.03. The van der Waals surface area contributed by atoms with Crippen LogP contribution in [0.15, 0.2) is 48.5 Å². The van der Waals surface area contributed by atoms with Crippen molar-refractivity contribution in [3.63, 3.8) is 0 Å². The van der Waals surface area contributed by atoms with Gasteiger partial charge in [0.15, 0.2) is 0 Å². The van der Waals surface area contributed by atoms with E-state index in [4.69, 9.17) is 9.47 Å². The molecule has 3 nitrogen and oxygen atoms in total. The van der Waals surface area contributed by atoms with Crippen LogP contribution >= 0.6 is 0 Å². The first kappa shape index (κ1) is 19.0. The molecule has 2 rings (SSSR count). The fraction of sp³-hybridized carbons (Fsp3) is 0.409. The maximum atomic E-state index is 12.2. The molecule has 2 aromatic rings. The maximum absolute atomic E-state index is 12.2. The molecule has 0 amide bonds. The number of unbranched alkanes of at least 4 members (excludes halogenated alkanes) is 3. The van der Waals surface area contributed by atoms with Crippen molar-refractivity contribution >= 4 is 5.97 Å². The van der Waals surface area contributed by atoms with Crippen molar-refractivity contribution in [3.05, 3.63) is 59.7 Å². The number of carbonyl (C=O) groups is 1. The van der Waals surface area contributed by atoms with E-state index in [1.165, 1.54) is 24.8 Å². The summed E-state index contributed by atoms with van der Waals surface area (Å²) in [7, 11) is 0. The van der Waals surface area contributed by atoms with E-state index >= 15 is 0 Å². The Bertz CT molecular complexity index is 629. The van der Waals surface area contributed by atoms with E-state index in [0.717, 1.165) is 25.0 Å². The van der Waals surface area contributed by atoms with Crippen LogP contribution in [-0.4, -0.2) is 12.6 Å². The van der Waals surface area contributed by atoms with Gasteiger partial charge in [-0.1, -0.05) is 45.2 Å². The van der Waals surface area contributed by atoms with Gasteiger partial charge in [0.25, 0.3) is 0 Å². The second-order valence-electron chi connectivity index (χ2n) is 6.22. The van der Waals surface area contributed by atoms with Crippen molar-refractivity contribution < 1.29 is 14.3 Å². The molecule has 0 aliphatic rings. The lowest BCUT2D eigenvalue weighted by Gasteiger charge is -2.08. The molecule has 0 radical (unpaired) electrons. The highest BCUT2D eigenvalue weighted by Crippen LogP contribution is 2.19. The summed E-state index contributed by atoms with van der Waals surface area (Å²) in [6.07, 6.45) is 6.84. The molecule has 25 heavy (non-hydrogen) atoms. The Kier molecular flexibility index (Phi) is 8.03. The van der Waals surface area contributed by atoms with Gasteiger partial charge in [0.05, 0.1) is 12.2 Å². The molecule has 0 saturated heterocycles. The number of hydrogen-bond donors (Lipinski definition) is 0. The van der Waals surface area contributed by atoms with Crippen molar-refractivity contribution in [3.8, 4) is 11.5 Å². The smallest absolute Gasteiger partial charge is 0.343 e. The predicted molar refractivity (Wildman–Crippen MR) is 101 cm³/mol. The Morgan fingerprint density at radius 2 is 1.44 bits per heavy atom. The summed E-state index contributed by atoms with van der Waals surface area (Å²) in [5.41, 5.74) is 1.83. The quantitative estimate of drug-likeness (QED) is 0.311. The van der Waals surface area contributed by atoms with E-state index in [0.29, 0.717) is 17.9 Å². The summed E-state index contributed by atoms with van der Waals surface area (Å²) >= 11 is 0. The van der Waals surface area contributed by atoms with Crippen LogP contribution in [0.25, 0.3) is 0 Å². The van der Waals surface area contributed by atoms with E-state index in [-0.39, 0.29) is 5.97 Å². The lowest BCUT2D eigenvalue weighted by Crippen LogP contribution is -2.08. The third-order valence-corrected chi connectivity index (χ3v) is 4.06. The Labute approximate surface area is 151 Å². The molecule has 0 aliphatic heterocycles. The molecule has 0 N–H and O–H groups in total. The van der Waals surface area contributed by atoms with E-state index in [1.807, 2.05) is 36.4 Å². The highest BCUT2D eigenvalue weighted by atomic mass is 16.5. The molecule has 0 spiro atoms. The molecule has 0 unspecified atom stereocenters. The standard InChI is InChI=1S/C22H28O3/c1-3-5-7-8-18-9-11-19(12-10-18)22(23)25-21-15-13-20(14-16-21)24-17-6-4-2/h9-16H,3-8,17H2,1-2H3.